The van der Waals surface area contributed by atoms with Crippen LogP contribution in [0.5, 0.6) is 17.2 Å². The lowest BCUT2D eigenvalue weighted by molar-refractivity contribution is 0.296. The van der Waals surface area contributed by atoms with Gasteiger partial charge in [0.05, 0.1) is 5.56 Å². The molecule has 0 unspecified atom stereocenters. The highest BCUT2D eigenvalue weighted by Gasteiger charge is 2.26. The molecule has 1 aromatic carbocycles. The van der Waals surface area contributed by atoms with Crippen LogP contribution in [-0.4, -0.2) is 15.3 Å². The fraction of sp³-hybridized carbons (Fsp3) is 0.538. The monoisotopic (exact) mass is 237 g/mol. The van der Waals surface area contributed by atoms with E-state index >= 15 is 0 Å². The van der Waals surface area contributed by atoms with Crippen molar-refractivity contribution in [3.8, 4) is 17.2 Å². The van der Waals surface area contributed by atoms with Crippen molar-refractivity contribution in [3.05, 3.63) is 17.7 Å². The summed E-state index contributed by atoms with van der Waals surface area (Å²) in [6.45, 7) is 0. The van der Waals surface area contributed by atoms with Gasteiger partial charge in [-0.1, -0.05) is 19.3 Å². The maximum atomic E-state index is 9.77. The summed E-state index contributed by atoms with van der Waals surface area (Å²) >= 11 is 0. The zero-order chi connectivity index (χ0) is 12.4. The minimum Gasteiger partial charge on any atom is -0.508 e. The van der Waals surface area contributed by atoms with Gasteiger partial charge in [-0.05, 0) is 18.8 Å². The van der Waals surface area contributed by atoms with Crippen LogP contribution < -0.4 is 5.73 Å². The smallest absolute Gasteiger partial charge is 0.127 e. The van der Waals surface area contributed by atoms with E-state index in [0.717, 1.165) is 25.7 Å². The van der Waals surface area contributed by atoms with Gasteiger partial charge in [0.25, 0.3) is 0 Å². The highest BCUT2D eigenvalue weighted by Crippen LogP contribution is 2.41. The van der Waals surface area contributed by atoms with Crippen LogP contribution >= 0.6 is 0 Å². The molecule has 1 aliphatic rings. The third-order valence-corrected chi connectivity index (χ3v) is 3.61. The Kier molecular flexibility index (Phi) is 3.43. The number of nitrogens with two attached hydrogens (primary N) is 1. The Morgan fingerprint density at radius 2 is 1.53 bits per heavy atom. The summed E-state index contributed by atoms with van der Waals surface area (Å²) in [5.74, 6) is -0.106. The van der Waals surface area contributed by atoms with E-state index in [1.807, 2.05) is 0 Å². The van der Waals surface area contributed by atoms with Crippen LogP contribution in [0.1, 0.15) is 43.7 Å². The largest absolute Gasteiger partial charge is 0.508 e. The summed E-state index contributed by atoms with van der Waals surface area (Å²) in [5.41, 5.74) is 6.48. The molecule has 0 aliphatic heterocycles. The predicted octanol–water partition coefficient (Wildman–Crippen LogP) is 2.38. The quantitative estimate of drug-likeness (QED) is 0.636. The van der Waals surface area contributed by atoms with E-state index in [9.17, 15) is 15.3 Å². The van der Waals surface area contributed by atoms with Crippen LogP contribution in [0.4, 0.5) is 0 Å². The SMILES string of the molecule is N[C@@H](c1c(O)cc(O)cc1O)C1CCCCC1. The molecule has 5 N–H and O–H groups in total. The number of phenols is 3. The third kappa shape index (κ3) is 2.47. The Hall–Kier alpha value is -1.42. The maximum absolute atomic E-state index is 9.77. The van der Waals surface area contributed by atoms with Crippen molar-refractivity contribution in [2.45, 2.75) is 38.1 Å². The van der Waals surface area contributed by atoms with E-state index in [4.69, 9.17) is 5.73 Å². The molecule has 0 bridgehead atoms. The molecule has 0 amide bonds. The van der Waals surface area contributed by atoms with Gasteiger partial charge >= 0.3 is 0 Å². The van der Waals surface area contributed by atoms with Crippen molar-refractivity contribution < 1.29 is 15.3 Å². The second-order valence-electron chi connectivity index (χ2n) is 4.82. The van der Waals surface area contributed by atoms with E-state index in [-0.39, 0.29) is 23.3 Å². The molecular weight excluding hydrogens is 218 g/mol. The molecule has 4 nitrogen and oxygen atoms in total. The number of phenolic OH excluding ortho intramolecular Hbond substituents is 3. The second-order valence-corrected chi connectivity index (χ2v) is 4.82. The molecule has 17 heavy (non-hydrogen) atoms. The number of rotatable bonds is 2. The average molecular weight is 237 g/mol. The van der Waals surface area contributed by atoms with Gasteiger partial charge in [0.2, 0.25) is 0 Å². The Labute approximate surface area is 101 Å². The molecule has 0 radical (unpaired) electrons. The third-order valence-electron chi connectivity index (χ3n) is 3.61. The Balaban J connectivity index is 2.26. The standard InChI is InChI=1S/C13H19NO3/c14-13(8-4-2-1-3-5-8)12-10(16)6-9(15)7-11(12)17/h6-8,13,15-17H,1-5,14H2/t13-/m1/s1. The number of hydrogen-bond acceptors (Lipinski definition) is 4. The maximum Gasteiger partial charge on any atom is 0.127 e. The molecule has 1 fully saturated rings. The van der Waals surface area contributed by atoms with Gasteiger partial charge in [-0.25, -0.2) is 0 Å². The molecule has 4 heteroatoms. The van der Waals surface area contributed by atoms with Crippen molar-refractivity contribution in [2.24, 2.45) is 11.7 Å². The Bertz CT molecular complexity index is 377. The van der Waals surface area contributed by atoms with Crippen LogP contribution in [0, 0.1) is 5.92 Å². The van der Waals surface area contributed by atoms with Crippen LogP contribution in [0.2, 0.25) is 0 Å². The molecule has 1 aromatic rings. The van der Waals surface area contributed by atoms with Gasteiger partial charge in [-0.2, -0.15) is 0 Å². The van der Waals surface area contributed by atoms with Crippen molar-refractivity contribution in [3.63, 3.8) is 0 Å². The number of aromatic hydroxyl groups is 3. The summed E-state index contributed by atoms with van der Waals surface area (Å²) in [7, 11) is 0. The minimum atomic E-state index is -0.365. The molecule has 94 valence electrons. The van der Waals surface area contributed by atoms with E-state index in [1.165, 1.54) is 18.6 Å². The van der Waals surface area contributed by atoms with Crippen molar-refractivity contribution in [1.82, 2.24) is 0 Å². The lowest BCUT2D eigenvalue weighted by atomic mass is 9.81. The fourth-order valence-electron chi connectivity index (χ4n) is 2.68. The van der Waals surface area contributed by atoms with E-state index in [1.54, 1.807) is 0 Å². The van der Waals surface area contributed by atoms with Gasteiger partial charge in [0.15, 0.2) is 0 Å². The topological polar surface area (TPSA) is 86.7 Å². The zero-order valence-corrected chi connectivity index (χ0v) is 9.76. The van der Waals surface area contributed by atoms with Crippen molar-refractivity contribution >= 4 is 0 Å². The molecule has 1 aliphatic carbocycles. The van der Waals surface area contributed by atoms with Gasteiger partial charge in [-0.15, -0.1) is 0 Å². The molecule has 1 atom stereocenters. The van der Waals surface area contributed by atoms with Gasteiger partial charge in [-0.3, -0.25) is 0 Å². The first-order valence-electron chi connectivity index (χ1n) is 6.10. The van der Waals surface area contributed by atoms with Gasteiger partial charge in [0.1, 0.15) is 17.2 Å². The molecular formula is C13H19NO3. The lowest BCUT2D eigenvalue weighted by Crippen LogP contribution is -2.23. The molecule has 0 spiro atoms. The fourth-order valence-corrected chi connectivity index (χ4v) is 2.68. The van der Waals surface area contributed by atoms with Gasteiger partial charge < -0.3 is 21.1 Å². The molecule has 1 saturated carbocycles. The molecule has 0 heterocycles. The second kappa shape index (κ2) is 4.84. The minimum absolute atomic E-state index is 0.124. The normalized spacial score (nSPS) is 19.1. The van der Waals surface area contributed by atoms with E-state index in [2.05, 4.69) is 0 Å². The first kappa shape index (κ1) is 12.0. The van der Waals surface area contributed by atoms with Crippen molar-refractivity contribution in [1.29, 1.82) is 0 Å². The van der Waals surface area contributed by atoms with Crippen LogP contribution in [0.25, 0.3) is 0 Å². The Morgan fingerprint density at radius 1 is 1.00 bits per heavy atom. The number of benzene rings is 1. The van der Waals surface area contributed by atoms with E-state index in [0.29, 0.717) is 11.5 Å². The highest BCUT2D eigenvalue weighted by atomic mass is 16.3. The molecule has 0 saturated heterocycles. The van der Waals surface area contributed by atoms with Crippen LogP contribution in [0.15, 0.2) is 12.1 Å². The summed E-state index contributed by atoms with van der Waals surface area (Å²) in [4.78, 5) is 0. The Morgan fingerprint density at radius 3 is 2.06 bits per heavy atom. The van der Waals surface area contributed by atoms with E-state index < -0.39 is 0 Å². The van der Waals surface area contributed by atoms with Crippen LogP contribution in [0.3, 0.4) is 0 Å². The molecule has 2 rings (SSSR count). The summed E-state index contributed by atoms with van der Waals surface area (Å²) < 4.78 is 0. The summed E-state index contributed by atoms with van der Waals surface area (Å²) in [6, 6.07) is 2.08. The summed E-state index contributed by atoms with van der Waals surface area (Å²) in [6.07, 6.45) is 5.59. The summed E-state index contributed by atoms with van der Waals surface area (Å²) in [5, 5.41) is 28.8. The molecule has 0 aromatic heterocycles. The lowest BCUT2D eigenvalue weighted by Gasteiger charge is -2.28. The zero-order valence-electron chi connectivity index (χ0n) is 9.76. The average Bonchev–Trinajstić information content (AvgIpc) is 2.28. The van der Waals surface area contributed by atoms with Gasteiger partial charge in [0, 0.05) is 18.2 Å². The first-order chi connectivity index (χ1) is 8.09. The predicted molar refractivity (Wildman–Crippen MR) is 64.9 cm³/mol. The number of hydrogen-bond donors (Lipinski definition) is 4. The highest BCUT2D eigenvalue weighted by molar-refractivity contribution is 5.50. The van der Waals surface area contributed by atoms with Crippen LogP contribution in [-0.2, 0) is 0 Å². The van der Waals surface area contributed by atoms with Crippen molar-refractivity contribution in [2.75, 3.05) is 0 Å². The first-order valence-corrected chi connectivity index (χ1v) is 6.10.